The Morgan fingerprint density at radius 3 is 2.12 bits per heavy atom. The molecule has 1 aliphatic rings. The Kier molecular flexibility index (Phi) is 7.52. The van der Waals surface area contributed by atoms with Gasteiger partial charge in [0.15, 0.2) is 16.6 Å². The smallest absolute Gasteiger partial charge is 0.416 e. The number of anilines is 2. The van der Waals surface area contributed by atoms with Gasteiger partial charge in [-0.25, -0.2) is 0 Å². The Bertz CT molecular complexity index is 1020. The van der Waals surface area contributed by atoms with Crippen LogP contribution in [-0.2, 0) is 6.18 Å². The van der Waals surface area contributed by atoms with E-state index in [1.165, 1.54) is 39.5 Å². The first-order chi connectivity index (χ1) is 15.7. The monoisotopic (exact) mass is 483 g/mol. The number of thiocarbonyl (C=S) groups is 1. The van der Waals surface area contributed by atoms with Crippen LogP contribution in [0.25, 0.3) is 0 Å². The largest absolute Gasteiger partial charge is 0.493 e. The Hall–Kier alpha value is -3.21. The maximum Gasteiger partial charge on any atom is 0.416 e. The van der Waals surface area contributed by atoms with Gasteiger partial charge in [-0.2, -0.15) is 13.2 Å². The van der Waals surface area contributed by atoms with E-state index in [1.54, 1.807) is 0 Å². The number of ether oxygens (including phenoxy) is 3. The van der Waals surface area contributed by atoms with Crippen LogP contribution in [0.1, 0.15) is 28.8 Å². The zero-order valence-corrected chi connectivity index (χ0v) is 19.2. The van der Waals surface area contributed by atoms with Gasteiger partial charge in [0.2, 0.25) is 5.75 Å². The number of nitrogens with one attached hydrogen (secondary N) is 2. The molecule has 1 aliphatic heterocycles. The summed E-state index contributed by atoms with van der Waals surface area (Å²) in [6, 6.07) is 6.33. The Morgan fingerprint density at radius 1 is 1.00 bits per heavy atom. The van der Waals surface area contributed by atoms with Crippen molar-refractivity contribution in [2.24, 2.45) is 0 Å². The fourth-order valence-corrected chi connectivity index (χ4v) is 3.79. The lowest BCUT2D eigenvalue weighted by Crippen LogP contribution is -2.34. The van der Waals surface area contributed by atoms with Gasteiger partial charge in [-0.15, -0.1) is 0 Å². The normalized spacial score (nSPS) is 13.5. The summed E-state index contributed by atoms with van der Waals surface area (Å²) in [5, 5.41) is 5.10. The average Bonchev–Trinajstić information content (AvgIpc) is 3.31. The van der Waals surface area contributed by atoms with Gasteiger partial charge < -0.3 is 24.4 Å². The molecular weight excluding hydrogens is 459 g/mol. The van der Waals surface area contributed by atoms with Gasteiger partial charge >= 0.3 is 6.18 Å². The van der Waals surface area contributed by atoms with Crippen molar-refractivity contribution in [2.45, 2.75) is 19.0 Å². The van der Waals surface area contributed by atoms with Crippen molar-refractivity contribution in [3.63, 3.8) is 0 Å². The molecule has 0 aromatic heterocycles. The molecule has 1 amide bonds. The van der Waals surface area contributed by atoms with Crippen molar-refractivity contribution in [1.29, 1.82) is 0 Å². The standard InChI is InChI=1S/C22H24F3N3O4S/c1-30-17-10-13(11-18(31-2)19(17)32-3)20(29)27-21(33)26-15-12-14(22(23,24)25)6-7-16(15)28-8-4-5-9-28/h6-7,10-12H,4-5,8-9H2,1-3H3,(H2,26,27,29,33). The molecule has 178 valence electrons. The SMILES string of the molecule is COc1cc(C(=O)NC(=S)Nc2cc(C(F)(F)F)ccc2N2CCCC2)cc(OC)c1OC. The summed E-state index contributed by atoms with van der Waals surface area (Å²) in [5.41, 5.74) is 0.107. The number of methoxy groups -OCH3 is 3. The van der Waals surface area contributed by atoms with Crippen LogP contribution in [0.5, 0.6) is 17.2 Å². The van der Waals surface area contributed by atoms with Crippen molar-refractivity contribution < 1.29 is 32.2 Å². The molecule has 11 heteroatoms. The van der Waals surface area contributed by atoms with Crippen LogP contribution in [0.15, 0.2) is 30.3 Å². The van der Waals surface area contributed by atoms with Crippen molar-refractivity contribution in [1.82, 2.24) is 5.32 Å². The van der Waals surface area contributed by atoms with Gasteiger partial charge in [0.05, 0.1) is 38.3 Å². The number of hydrogen-bond donors (Lipinski definition) is 2. The zero-order valence-electron chi connectivity index (χ0n) is 18.3. The van der Waals surface area contributed by atoms with Crippen LogP contribution in [0.4, 0.5) is 24.5 Å². The van der Waals surface area contributed by atoms with Crippen LogP contribution in [0, 0.1) is 0 Å². The number of nitrogens with zero attached hydrogens (tertiary/aromatic N) is 1. The number of amides is 1. The maximum absolute atomic E-state index is 13.3. The van der Waals surface area contributed by atoms with E-state index in [1.807, 2.05) is 4.90 Å². The van der Waals surface area contributed by atoms with Crippen LogP contribution in [0.3, 0.4) is 0 Å². The highest BCUT2D eigenvalue weighted by molar-refractivity contribution is 7.80. The molecule has 7 nitrogen and oxygen atoms in total. The fourth-order valence-electron chi connectivity index (χ4n) is 3.59. The molecule has 0 bridgehead atoms. The molecule has 2 aromatic rings. The molecule has 3 rings (SSSR count). The minimum atomic E-state index is -4.51. The second-order valence-electron chi connectivity index (χ2n) is 7.25. The molecule has 0 radical (unpaired) electrons. The third kappa shape index (κ3) is 5.59. The molecule has 0 spiro atoms. The molecule has 0 atom stereocenters. The highest BCUT2D eigenvalue weighted by atomic mass is 32.1. The lowest BCUT2D eigenvalue weighted by atomic mass is 10.1. The molecule has 0 unspecified atom stereocenters. The molecule has 1 fully saturated rings. The van der Waals surface area contributed by atoms with Gasteiger partial charge in [-0.05, 0) is 55.4 Å². The second kappa shape index (κ2) is 10.2. The van der Waals surface area contributed by atoms with Crippen LogP contribution in [-0.4, -0.2) is 45.4 Å². The molecule has 0 saturated carbocycles. The summed E-state index contributed by atoms with van der Waals surface area (Å²) in [6.45, 7) is 1.45. The minimum absolute atomic E-state index is 0.145. The second-order valence-corrected chi connectivity index (χ2v) is 7.65. The van der Waals surface area contributed by atoms with Gasteiger partial charge in [-0.3, -0.25) is 10.1 Å². The number of carbonyl (C=O) groups is 1. The van der Waals surface area contributed by atoms with E-state index in [2.05, 4.69) is 10.6 Å². The van der Waals surface area contributed by atoms with E-state index in [0.717, 1.165) is 38.1 Å². The first kappa shape index (κ1) is 24.4. The van der Waals surface area contributed by atoms with Crippen molar-refractivity contribution in [3.8, 4) is 17.2 Å². The lowest BCUT2D eigenvalue weighted by Gasteiger charge is -2.23. The topological polar surface area (TPSA) is 72.1 Å². The number of alkyl halides is 3. The molecule has 0 aliphatic carbocycles. The van der Waals surface area contributed by atoms with E-state index >= 15 is 0 Å². The van der Waals surface area contributed by atoms with Crippen molar-refractivity contribution >= 4 is 34.6 Å². The van der Waals surface area contributed by atoms with E-state index in [-0.39, 0.29) is 27.9 Å². The summed E-state index contributed by atoms with van der Waals surface area (Å²) in [4.78, 5) is 14.7. The Labute approximate surface area is 194 Å². The predicted octanol–water partition coefficient (Wildman–Crippen LogP) is 4.46. The third-order valence-electron chi connectivity index (χ3n) is 5.17. The van der Waals surface area contributed by atoms with Gasteiger partial charge in [-0.1, -0.05) is 0 Å². The van der Waals surface area contributed by atoms with Crippen molar-refractivity contribution in [2.75, 3.05) is 44.6 Å². The summed E-state index contributed by atoms with van der Waals surface area (Å²) in [6.07, 6.45) is -2.62. The molecule has 2 aromatic carbocycles. The van der Waals surface area contributed by atoms with Gasteiger partial charge in [0.25, 0.3) is 5.91 Å². The molecule has 33 heavy (non-hydrogen) atoms. The average molecular weight is 484 g/mol. The number of halogens is 3. The summed E-state index contributed by atoms with van der Waals surface area (Å²) in [7, 11) is 4.27. The first-order valence-electron chi connectivity index (χ1n) is 10.1. The molecular formula is C22H24F3N3O4S. The van der Waals surface area contributed by atoms with E-state index in [9.17, 15) is 18.0 Å². The number of hydrogen-bond acceptors (Lipinski definition) is 6. The van der Waals surface area contributed by atoms with E-state index < -0.39 is 17.6 Å². The van der Waals surface area contributed by atoms with Gasteiger partial charge in [0.1, 0.15) is 0 Å². The molecule has 2 N–H and O–H groups in total. The summed E-state index contributed by atoms with van der Waals surface area (Å²) < 4.78 is 55.5. The molecule has 1 saturated heterocycles. The van der Waals surface area contributed by atoms with Crippen LogP contribution in [0.2, 0.25) is 0 Å². The first-order valence-corrected chi connectivity index (χ1v) is 10.5. The van der Waals surface area contributed by atoms with Gasteiger partial charge in [0, 0.05) is 18.7 Å². The van der Waals surface area contributed by atoms with Crippen LogP contribution < -0.4 is 29.7 Å². The van der Waals surface area contributed by atoms with Crippen molar-refractivity contribution in [3.05, 3.63) is 41.5 Å². The van der Waals surface area contributed by atoms with E-state index in [4.69, 9.17) is 26.4 Å². The maximum atomic E-state index is 13.3. The Morgan fingerprint density at radius 2 is 1.61 bits per heavy atom. The number of rotatable bonds is 6. The number of carbonyl (C=O) groups excluding carboxylic acids is 1. The summed E-state index contributed by atoms with van der Waals surface area (Å²) >= 11 is 5.22. The van der Waals surface area contributed by atoms with Crippen LogP contribution >= 0.6 is 12.2 Å². The Balaban J connectivity index is 1.83. The number of benzene rings is 2. The quantitative estimate of drug-likeness (QED) is 0.588. The zero-order chi connectivity index (χ0) is 24.2. The predicted molar refractivity (Wildman–Crippen MR) is 123 cm³/mol. The third-order valence-corrected chi connectivity index (χ3v) is 5.38. The lowest BCUT2D eigenvalue weighted by molar-refractivity contribution is -0.137. The highest BCUT2D eigenvalue weighted by Gasteiger charge is 2.32. The minimum Gasteiger partial charge on any atom is -0.493 e. The van der Waals surface area contributed by atoms with E-state index in [0.29, 0.717) is 11.4 Å². The highest BCUT2D eigenvalue weighted by Crippen LogP contribution is 2.38. The fraction of sp³-hybridized carbons (Fsp3) is 0.364. The molecule has 1 heterocycles. The summed E-state index contributed by atoms with van der Waals surface area (Å²) in [5.74, 6) is 0.267.